The van der Waals surface area contributed by atoms with Crippen LogP contribution >= 0.6 is 11.3 Å². The van der Waals surface area contributed by atoms with E-state index in [0.717, 1.165) is 22.7 Å². The Hall–Kier alpha value is -1.72. The van der Waals surface area contributed by atoms with Crippen LogP contribution in [0.1, 0.15) is 53.2 Å². The number of aryl methyl sites for hydroxylation is 1. The van der Waals surface area contributed by atoms with E-state index in [-0.39, 0.29) is 18.1 Å². The lowest BCUT2D eigenvalue weighted by Crippen LogP contribution is -2.32. The van der Waals surface area contributed by atoms with Gasteiger partial charge in [0, 0.05) is 11.1 Å². The predicted molar refractivity (Wildman–Crippen MR) is 93.9 cm³/mol. The highest BCUT2D eigenvalue weighted by atomic mass is 32.1. The van der Waals surface area contributed by atoms with Crippen LogP contribution in [0.2, 0.25) is 0 Å². The van der Waals surface area contributed by atoms with Gasteiger partial charge in [-0.05, 0) is 43.2 Å². The van der Waals surface area contributed by atoms with Crippen molar-refractivity contribution in [1.29, 1.82) is 0 Å². The molecule has 1 aliphatic heterocycles. The van der Waals surface area contributed by atoms with Gasteiger partial charge in [-0.25, -0.2) is 4.98 Å². The van der Waals surface area contributed by atoms with Crippen molar-refractivity contribution >= 4 is 17.2 Å². The maximum Gasteiger partial charge on any atom is 0.223 e. The van der Waals surface area contributed by atoms with Crippen LogP contribution in [0.4, 0.5) is 0 Å². The average Bonchev–Trinajstić information content (AvgIpc) is 3.34. The van der Waals surface area contributed by atoms with E-state index in [2.05, 4.69) is 33.9 Å². The molecule has 5 heteroatoms. The molecule has 2 atom stereocenters. The van der Waals surface area contributed by atoms with Crippen LogP contribution in [0.15, 0.2) is 29.6 Å². The molecular formula is C19H22N2O2S. The summed E-state index contributed by atoms with van der Waals surface area (Å²) < 4.78 is 5.87. The average molecular weight is 342 g/mol. The van der Waals surface area contributed by atoms with Gasteiger partial charge in [-0.3, -0.25) is 4.79 Å². The number of benzene rings is 1. The molecule has 1 aliphatic carbocycles. The maximum atomic E-state index is 12.6. The fourth-order valence-corrected chi connectivity index (χ4v) is 4.31. The third-order valence-electron chi connectivity index (χ3n) is 4.78. The van der Waals surface area contributed by atoms with E-state index in [0.29, 0.717) is 18.9 Å². The molecule has 1 aromatic carbocycles. The highest BCUT2D eigenvalue weighted by Crippen LogP contribution is 2.42. The smallest absolute Gasteiger partial charge is 0.223 e. The maximum absolute atomic E-state index is 12.6. The number of carbonyl (C=O) groups excluding carboxylic acids is 1. The van der Waals surface area contributed by atoms with Gasteiger partial charge in [0.2, 0.25) is 5.91 Å². The Labute approximate surface area is 146 Å². The van der Waals surface area contributed by atoms with E-state index in [1.165, 1.54) is 18.4 Å². The number of hydrogen-bond acceptors (Lipinski definition) is 4. The molecule has 2 unspecified atom stereocenters. The number of hydrogen-bond donors (Lipinski definition) is 1. The Balaban J connectivity index is 1.45. The minimum Gasteiger partial charge on any atom is -0.373 e. The largest absolute Gasteiger partial charge is 0.373 e. The molecule has 0 bridgehead atoms. The minimum atomic E-state index is -0.132. The zero-order chi connectivity index (χ0) is 16.5. The Morgan fingerprint density at radius 1 is 1.42 bits per heavy atom. The molecule has 1 fully saturated rings. The molecular weight excluding hydrogens is 320 g/mol. The molecule has 0 radical (unpaired) electrons. The van der Waals surface area contributed by atoms with Gasteiger partial charge < -0.3 is 10.1 Å². The second kappa shape index (κ2) is 6.65. The predicted octanol–water partition coefficient (Wildman–Crippen LogP) is 3.72. The summed E-state index contributed by atoms with van der Waals surface area (Å²) in [5.41, 5.74) is 3.49. The van der Waals surface area contributed by atoms with Crippen LogP contribution in [-0.4, -0.2) is 17.5 Å². The van der Waals surface area contributed by atoms with Crippen molar-refractivity contribution in [1.82, 2.24) is 10.3 Å². The molecule has 4 rings (SSSR count). The van der Waals surface area contributed by atoms with Gasteiger partial charge in [-0.15, -0.1) is 11.3 Å². The molecule has 126 valence electrons. The van der Waals surface area contributed by atoms with Gasteiger partial charge in [0.25, 0.3) is 0 Å². The van der Waals surface area contributed by atoms with Crippen molar-refractivity contribution in [2.24, 2.45) is 5.92 Å². The lowest BCUT2D eigenvalue weighted by molar-refractivity contribution is -0.125. The van der Waals surface area contributed by atoms with Gasteiger partial charge in [-0.1, -0.05) is 24.3 Å². The SMILES string of the molecule is Cc1csc(C(NC(=O)CC2OCCc3ccccc32)C2CC2)n1. The lowest BCUT2D eigenvalue weighted by atomic mass is 9.95. The minimum absolute atomic E-state index is 0.0569. The number of thiazole rings is 1. The Morgan fingerprint density at radius 2 is 2.25 bits per heavy atom. The van der Waals surface area contributed by atoms with Gasteiger partial charge >= 0.3 is 0 Å². The van der Waals surface area contributed by atoms with E-state index < -0.39 is 0 Å². The first-order valence-electron chi connectivity index (χ1n) is 8.61. The number of fused-ring (bicyclic) bond motifs is 1. The molecule has 0 spiro atoms. The van der Waals surface area contributed by atoms with Crippen LogP contribution in [0.3, 0.4) is 0 Å². The van der Waals surface area contributed by atoms with E-state index >= 15 is 0 Å². The van der Waals surface area contributed by atoms with Crippen LogP contribution < -0.4 is 5.32 Å². The highest BCUT2D eigenvalue weighted by molar-refractivity contribution is 7.09. The number of carbonyl (C=O) groups is 1. The molecule has 0 saturated heterocycles. The van der Waals surface area contributed by atoms with Crippen LogP contribution in [0.5, 0.6) is 0 Å². The summed E-state index contributed by atoms with van der Waals surface area (Å²) >= 11 is 1.65. The first kappa shape index (κ1) is 15.8. The van der Waals surface area contributed by atoms with E-state index in [1.807, 2.05) is 13.0 Å². The molecule has 1 saturated carbocycles. The van der Waals surface area contributed by atoms with Crippen molar-refractivity contribution in [3.05, 3.63) is 51.5 Å². The van der Waals surface area contributed by atoms with Crippen molar-refractivity contribution in [3.63, 3.8) is 0 Å². The molecule has 4 nitrogen and oxygen atoms in total. The lowest BCUT2D eigenvalue weighted by Gasteiger charge is -2.26. The Kier molecular flexibility index (Phi) is 4.37. The summed E-state index contributed by atoms with van der Waals surface area (Å²) in [6.07, 6.45) is 3.52. The second-order valence-electron chi connectivity index (χ2n) is 6.72. The van der Waals surface area contributed by atoms with Crippen LogP contribution in [0, 0.1) is 12.8 Å². The number of rotatable bonds is 5. The Bertz CT molecular complexity index is 738. The molecule has 2 heterocycles. The number of nitrogens with one attached hydrogen (secondary N) is 1. The van der Waals surface area contributed by atoms with E-state index in [4.69, 9.17) is 4.74 Å². The fourth-order valence-electron chi connectivity index (χ4n) is 3.37. The normalized spacial score (nSPS) is 21.1. The summed E-state index contributed by atoms with van der Waals surface area (Å²) in [5, 5.41) is 6.30. The van der Waals surface area contributed by atoms with Crippen molar-refractivity contribution in [2.45, 2.75) is 44.8 Å². The number of aromatic nitrogens is 1. The van der Waals surface area contributed by atoms with Crippen molar-refractivity contribution in [3.8, 4) is 0 Å². The molecule has 1 N–H and O–H groups in total. The van der Waals surface area contributed by atoms with Crippen molar-refractivity contribution < 1.29 is 9.53 Å². The monoisotopic (exact) mass is 342 g/mol. The Morgan fingerprint density at radius 3 is 3.00 bits per heavy atom. The summed E-state index contributed by atoms with van der Waals surface area (Å²) in [6, 6.07) is 8.34. The molecule has 1 amide bonds. The summed E-state index contributed by atoms with van der Waals surface area (Å²) in [7, 11) is 0. The number of amides is 1. The third kappa shape index (κ3) is 3.37. The van der Waals surface area contributed by atoms with Gasteiger partial charge in [0.05, 0.1) is 25.2 Å². The molecule has 2 aliphatic rings. The first-order valence-corrected chi connectivity index (χ1v) is 9.49. The van der Waals surface area contributed by atoms with Crippen LogP contribution in [0.25, 0.3) is 0 Å². The number of nitrogens with zero attached hydrogens (tertiary/aromatic N) is 1. The summed E-state index contributed by atoms with van der Waals surface area (Å²) in [4.78, 5) is 17.2. The second-order valence-corrected chi connectivity index (χ2v) is 7.61. The first-order chi connectivity index (χ1) is 11.7. The quantitative estimate of drug-likeness (QED) is 0.901. The standard InChI is InChI=1S/C19H22N2O2S/c1-12-11-24-19(20-12)18(14-6-7-14)21-17(22)10-16-15-5-3-2-4-13(15)8-9-23-16/h2-5,11,14,16,18H,6-10H2,1H3,(H,21,22). The summed E-state index contributed by atoms with van der Waals surface area (Å²) in [5.74, 6) is 0.598. The van der Waals surface area contributed by atoms with Gasteiger partial charge in [0.15, 0.2) is 0 Å². The fraction of sp³-hybridized carbons (Fsp3) is 0.474. The zero-order valence-corrected chi connectivity index (χ0v) is 14.6. The van der Waals surface area contributed by atoms with Crippen LogP contribution in [-0.2, 0) is 16.0 Å². The zero-order valence-electron chi connectivity index (χ0n) is 13.8. The topological polar surface area (TPSA) is 51.2 Å². The third-order valence-corrected chi connectivity index (χ3v) is 5.82. The van der Waals surface area contributed by atoms with E-state index in [9.17, 15) is 4.79 Å². The van der Waals surface area contributed by atoms with Gasteiger partial charge in [0.1, 0.15) is 5.01 Å². The molecule has 2 aromatic rings. The van der Waals surface area contributed by atoms with Gasteiger partial charge in [-0.2, -0.15) is 0 Å². The summed E-state index contributed by atoms with van der Waals surface area (Å²) in [6.45, 7) is 2.69. The molecule has 24 heavy (non-hydrogen) atoms. The molecule has 1 aromatic heterocycles. The van der Waals surface area contributed by atoms with Crippen molar-refractivity contribution in [2.75, 3.05) is 6.61 Å². The highest BCUT2D eigenvalue weighted by Gasteiger charge is 2.35. The number of ether oxygens (including phenoxy) is 1. The van der Waals surface area contributed by atoms with E-state index in [1.54, 1.807) is 11.3 Å².